The van der Waals surface area contributed by atoms with Gasteiger partial charge in [0.2, 0.25) is 0 Å². The van der Waals surface area contributed by atoms with Gasteiger partial charge in [0, 0.05) is 22.8 Å². The van der Waals surface area contributed by atoms with Crippen LogP contribution >= 0.6 is 11.9 Å². The molecule has 0 saturated carbocycles. The number of hydrogen-bond acceptors (Lipinski definition) is 7. The monoisotopic (exact) mass is 422 g/mol. The molecule has 0 saturated heterocycles. The summed E-state index contributed by atoms with van der Waals surface area (Å²) in [5, 5.41) is 15.8. The Balaban J connectivity index is 1.46. The molecule has 1 aliphatic rings. The van der Waals surface area contributed by atoms with Crippen LogP contribution in [0.2, 0.25) is 0 Å². The van der Waals surface area contributed by atoms with Gasteiger partial charge in [-0.3, -0.25) is 0 Å². The summed E-state index contributed by atoms with van der Waals surface area (Å²) in [6.45, 7) is 0.844. The zero-order valence-corrected chi connectivity index (χ0v) is 17.3. The quantitative estimate of drug-likeness (QED) is 0.350. The molecule has 2 heterocycles. The highest BCUT2D eigenvalue weighted by molar-refractivity contribution is 8.00. The number of hydrogen-bond donors (Lipinski definition) is 3. The van der Waals surface area contributed by atoms with Crippen LogP contribution in [0.5, 0.6) is 0 Å². The van der Waals surface area contributed by atoms with Gasteiger partial charge in [0.1, 0.15) is 0 Å². The Bertz CT molecular complexity index is 1320. The van der Waals surface area contributed by atoms with E-state index < -0.39 is 0 Å². The summed E-state index contributed by atoms with van der Waals surface area (Å²) in [6, 6.07) is 23.5. The summed E-state index contributed by atoms with van der Waals surface area (Å²) in [6.07, 6.45) is 4.21. The minimum Gasteiger partial charge on any atom is -0.381 e. The average molecular weight is 423 g/mol. The molecule has 0 amide bonds. The third-order valence-corrected chi connectivity index (χ3v) is 5.64. The highest BCUT2D eigenvalue weighted by atomic mass is 32.2. The first kappa shape index (κ1) is 19.0. The molecule has 0 fully saturated rings. The fraction of sp³-hybridized carbons (Fsp3) is 0.0417. The van der Waals surface area contributed by atoms with Crippen LogP contribution in [0.1, 0.15) is 11.1 Å². The van der Waals surface area contributed by atoms with Crippen molar-refractivity contribution in [1.29, 1.82) is 5.26 Å². The second-order valence-corrected chi connectivity index (χ2v) is 7.84. The van der Waals surface area contributed by atoms with E-state index in [0.717, 1.165) is 39.4 Å². The van der Waals surface area contributed by atoms with Crippen LogP contribution in [0.4, 0.5) is 23.0 Å². The van der Waals surface area contributed by atoms with Crippen molar-refractivity contribution in [3.05, 3.63) is 83.9 Å². The first-order chi connectivity index (χ1) is 15.3. The van der Waals surface area contributed by atoms with E-state index in [9.17, 15) is 0 Å². The summed E-state index contributed by atoms with van der Waals surface area (Å²) in [7, 11) is 0. The first-order valence-corrected chi connectivity index (χ1v) is 10.6. The van der Waals surface area contributed by atoms with Gasteiger partial charge in [0.15, 0.2) is 11.6 Å². The number of para-hydroxylation sites is 2. The van der Waals surface area contributed by atoms with Crippen LogP contribution in [0.15, 0.2) is 77.7 Å². The Labute approximate surface area is 184 Å². The molecule has 31 heavy (non-hydrogen) atoms. The van der Waals surface area contributed by atoms with Crippen LogP contribution in [0.25, 0.3) is 17.1 Å². The maximum absolute atomic E-state index is 8.98. The standard InChI is InChI=1S/C24H18N6S/c25-15-16-7-10-19(11-8-16)31-30-24-23(28-21-5-1-2-6-22(21)29-24)27-18-9-12-20-17(14-18)4-3-13-26-20/h1-12,14,26H,13H2,(H,27,28)(H,29,30). The van der Waals surface area contributed by atoms with Gasteiger partial charge in [-0.15, -0.1) is 0 Å². The van der Waals surface area contributed by atoms with E-state index in [-0.39, 0.29) is 0 Å². The van der Waals surface area contributed by atoms with Gasteiger partial charge in [0.25, 0.3) is 0 Å². The number of rotatable bonds is 5. The molecule has 3 aromatic carbocycles. The normalized spacial score (nSPS) is 12.0. The first-order valence-electron chi connectivity index (χ1n) is 9.80. The lowest BCUT2D eigenvalue weighted by molar-refractivity contribution is 1.28. The molecule has 0 atom stereocenters. The molecule has 0 aliphatic carbocycles. The average Bonchev–Trinajstić information content (AvgIpc) is 2.83. The molecule has 3 N–H and O–H groups in total. The van der Waals surface area contributed by atoms with Crippen molar-refractivity contribution in [3.8, 4) is 6.07 Å². The van der Waals surface area contributed by atoms with E-state index in [1.54, 1.807) is 12.1 Å². The van der Waals surface area contributed by atoms with Crippen molar-refractivity contribution in [2.75, 3.05) is 21.9 Å². The SMILES string of the molecule is N#Cc1ccc(SNc2nc3ccccc3nc2Nc2ccc3c(c2)C=CCN3)cc1. The third kappa shape index (κ3) is 4.15. The fourth-order valence-corrected chi connectivity index (χ4v) is 3.92. The smallest absolute Gasteiger partial charge is 0.180 e. The predicted octanol–water partition coefficient (Wildman–Crippen LogP) is 5.80. The zero-order valence-electron chi connectivity index (χ0n) is 16.5. The highest BCUT2D eigenvalue weighted by Gasteiger charge is 2.11. The summed E-state index contributed by atoms with van der Waals surface area (Å²) < 4.78 is 3.31. The van der Waals surface area contributed by atoms with Gasteiger partial charge in [-0.2, -0.15) is 5.26 Å². The van der Waals surface area contributed by atoms with E-state index in [2.05, 4.69) is 45.7 Å². The molecule has 0 radical (unpaired) electrons. The van der Waals surface area contributed by atoms with E-state index in [0.29, 0.717) is 17.2 Å². The molecule has 150 valence electrons. The maximum Gasteiger partial charge on any atom is 0.180 e. The second kappa shape index (κ2) is 8.38. The van der Waals surface area contributed by atoms with E-state index in [1.165, 1.54) is 11.9 Å². The van der Waals surface area contributed by atoms with Crippen molar-refractivity contribution >= 4 is 52.1 Å². The number of fused-ring (bicyclic) bond motifs is 2. The molecule has 7 heteroatoms. The molecule has 1 aromatic heterocycles. The molecule has 5 rings (SSSR count). The maximum atomic E-state index is 8.98. The van der Waals surface area contributed by atoms with E-state index in [1.807, 2.05) is 42.5 Å². The van der Waals surface area contributed by atoms with Gasteiger partial charge in [-0.05, 0) is 72.1 Å². The lowest BCUT2D eigenvalue weighted by Gasteiger charge is -2.16. The Morgan fingerprint density at radius 3 is 2.48 bits per heavy atom. The van der Waals surface area contributed by atoms with Gasteiger partial charge in [-0.25, -0.2) is 9.97 Å². The number of nitriles is 1. The van der Waals surface area contributed by atoms with Crippen molar-refractivity contribution in [2.24, 2.45) is 0 Å². The molecular formula is C24H18N6S. The van der Waals surface area contributed by atoms with Crippen LogP contribution in [0.3, 0.4) is 0 Å². The lowest BCUT2D eigenvalue weighted by Crippen LogP contribution is -2.05. The van der Waals surface area contributed by atoms with Crippen LogP contribution in [-0.2, 0) is 0 Å². The Kier molecular flexibility index (Phi) is 5.13. The number of nitrogens with zero attached hydrogens (tertiary/aromatic N) is 3. The molecular weight excluding hydrogens is 404 g/mol. The number of anilines is 4. The Morgan fingerprint density at radius 1 is 0.935 bits per heavy atom. The summed E-state index contributed by atoms with van der Waals surface area (Å²) in [5.41, 5.74) is 5.45. The summed E-state index contributed by atoms with van der Waals surface area (Å²) in [4.78, 5) is 10.5. The highest BCUT2D eigenvalue weighted by Crippen LogP contribution is 2.31. The van der Waals surface area contributed by atoms with Gasteiger partial charge >= 0.3 is 0 Å². The number of benzene rings is 3. The van der Waals surface area contributed by atoms with Crippen molar-refractivity contribution in [1.82, 2.24) is 9.97 Å². The molecule has 0 unspecified atom stereocenters. The molecule has 0 bridgehead atoms. The minimum atomic E-state index is 0.633. The predicted molar refractivity (Wildman–Crippen MR) is 127 cm³/mol. The molecule has 6 nitrogen and oxygen atoms in total. The van der Waals surface area contributed by atoms with Crippen LogP contribution in [-0.4, -0.2) is 16.5 Å². The minimum absolute atomic E-state index is 0.633. The Morgan fingerprint density at radius 2 is 1.71 bits per heavy atom. The fourth-order valence-electron chi connectivity index (χ4n) is 3.29. The third-order valence-electron chi connectivity index (χ3n) is 4.84. The Hall–Kier alpha value is -4.02. The van der Waals surface area contributed by atoms with Crippen molar-refractivity contribution in [3.63, 3.8) is 0 Å². The number of nitrogens with one attached hydrogen (secondary N) is 3. The topological polar surface area (TPSA) is 85.7 Å². The van der Waals surface area contributed by atoms with Gasteiger partial charge < -0.3 is 15.4 Å². The molecule has 1 aliphatic heterocycles. The van der Waals surface area contributed by atoms with E-state index in [4.69, 9.17) is 15.2 Å². The molecule has 0 spiro atoms. The second-order valence-electron chi connectivity index (χ2n) is 6.96. The zero-order chi connectivity index (χ0) is 21.0. The largest absolute Gasteiger partial charge is 0.381 e. The summed E-state index contributed by atoms with van der Waals surface area (Å²) >= 11 is 1.43. The van der Waals surface area contributed by atoms with E-state index >= 15 is 0 Å². The van der Waals surface area contributed by atoms with Crippen molar-refractivity contribution < 1.29 is 0 Å². The van der Waals surface area contributed by atoms with Crippen LogP contribution in [0, 0.1) is 11.3 Å². The summed E-state index contributed by atoms with van der Waals surface area (Å²) in [5.74, 6) is 1.28. The van der Waals surface area contributed by atoms with Crippen LogP contribution < -0.4 is 15.4 Å². The van der Waals surface area contributed by atoms with Crippen molar-refractivity contribution in [2.45, 2.75) is 4.90 Å². The van der Waals surface area contributed by atoms with Gasteiger partial charge in [0.05, 0.1) is 22.7 Å². The van der Waals surface area contributed by atoms with Gasteiger partial charge in [-0.1, -0.05) is 24.3 Å². The number of aromatic nitrogens is 2. The molecule has 4 aromatic rings. The lowest BCUT2D eigenvalue weighted by atomic mass is 10.1.